The highest BCUT2D eigenvalue weighted by molar-refractivity contribution is 5.67. The standard InChI is InChI=1S/C19H28N2O3/c1-2-24-18(22)21-12-9-16(10-13-21)20-14-19(23)11-5-7-15-6-3-4-8-17(15)19/h3-4,6,8,16,20,23H,2,5,7,9-14H2,1H3. The topological polar surface area (TPSA) is 61.8 Å². The predicted molar refractivity (Wildman–Crippen MR) is 92.9 cm³/mol. The van der Waals surface area contributed by atoms with Gasteiger partial charge in [-0.2, -0.15) is 0 Å². The van der Waals surface area contributed by atoms with Crippen molar-refractivity contribution in [2.45, 2.75) is 50.7 Å². The number of piperidine rings is 1. The molecule has 0 bridgehead atoms. The predicted octanol–water partition coefficient (Wildman–Crippen LogP) is 2.42. The number of likely N-dealkylation sites (tertiary alicyclic amines) is 1. The van der Waals surface area contributed by atoms with E-state index >= 15 is 0 Å². The van der Waals surface area contributed by atoms with Crippen LogP contribution in [0.5, 0.6) is 0 Å². The van der Waals surface area contributed by atoms with E-state index in [4.69, 9.17) is 4.74 Å². The lowest BCUT2D eigenvalue weighted by Gasteiger charge is -2.38. The number of fused-ring (bicyclic) bond motifs is 1. The van der Waals surface area contributed by atoms with Crippen molar-refractivity contribution in [2.75, 3.05) is 26.2 Å². The van der Waals surface area contributed by atoms with Gasteiger partial charge in [0.2, 0.25) is 0 Å². The molecule has 0 aromatic heterocycles. The number of ether oxygens (including phenoxy) is 1. The van der Waals surface area contributed by atoms with Gasteiger partial charge in [-0.05, 0) is 50.2 Å². The molecule has 1 fully saturated rings. The highest BCUT2D eigenvalue weighted by Gasteiger charge is 2.35. The lowest BCUT2D eigenvalue weighted by molar-refractivity contribution is 0.0140. The molecule has 0 radical (unpaired) electrons. The molecule has 1 heterocycles. The molecule has 1 saturated heterocycles. The maximum absolute atomic E-state index is 11.7. The molecule has 3 rings (SSSR count). The van der Waals surface area contributed by atoms with Gasteiger partial charge >= 0.3 is 6.09 Å². The van der Waals surface area contributed by atoms with Crippen molar-refractivity contribution in [1.82, 2.24) is 10.2 Å². The first-order chi connectivity index (χ1) is 11.6. The number of benzene rings is 1. The van der Waals surface area contributed by atoms with Crippen LogP contribution in [-0.2, 0) is 16.8 Å². The summed E-state index contributed by atoms with van der Waals surface area (Å²) in [6.45, 7) is 4.25. The number of aliphatic hydroxyl groups is 1. The zero-order chi connectivity index (χ0) is 17.0. The zero-order valence-corrected chi connectivity index (χ0v) is 14.5. The molecule has 1 atom stereocenters. The Balaban J connectivity index is 1.53. The summed E-state index contributed by atoms with van der Waals surface area (Å²) in [5.41, 5.74) is 1.57. The summed E-state index contributed by atoms with van der Waals surface area (Å²) in [6, 6.07) is 8.57. The molecule has 0 saturated carbocycles. The average molecular weight is 332 g/mol. The van der Waals surface area contributed by atoms with Crippen LogP contribution in [0.25, 0.3) is 0 Å². The molecule has 1 aliphatic carbocycles. The van der Waals surface area contributed by atoms with Crippen molar-refractivity contribution in [3.8, 4) is 0 Å². The normalized spacial score (nSPS) is 24.5. The van der Waals surface area contributed by atoms with Crippen molar-refractivity contribution in [3.05, 3.63) is 35.4 Å². The van der Waals surface area contributed by atoms with E-state index < -0.39 is 5.60 Å². The fourth-order valence-electron chi connectivity index (χ4n) is 3.88. The first-order valence-electron chi connectivity index (χ1n) is 9.08. The number of hydrogen-bond acceptors (Lipinski definition) is 4. The minimum atomic E-state index is -0.771. The first-order valence-corrected chi connectivity index (χ1v) is 9.08. The van der Waals surface area contributed by atoms with Crippen LogP contribution in [0.15, 0.2) is 24.3 Å². The SMILES string of the molecule is CCOC(=O)N1CCC(NCC2(O)CCCc3ccccc32)CC1. The second-order valence-electron chi connectivity index (χ2n) is 6.88. The summed E-state index contributed by atoms with van der Waals surface area (Å²) < 4.78 is 5.05. The molecule has 1 amide bonds. The summed E-state index contributed by atoms with van der Waals surface area (Å²) in [7, 11) is 0. The molecular formula is C19H28N2O3. The number of rotatable bonds is 4. The smallest absolute Gasteiger partial charge is 0.409 e. The Morgan fingerprint density at radius 1 is 1.38 bits per heavy atom. The van der Waals surface area contributed by atoms with Crippen LogP contribution >= 0.6 is 0 Å². The van der Waals surface area contributed by atoms with Gasteiger partial charge in [0.15, 0.2) is 0 Å². The van der Waals surface area contributed by atoms with Gasteiger partial charge in [0.05, 0.1) is 6.61 Å². The largest absolute Gasteiger partial charge is 0.450 e. The monoisotopic (exact) mass is 332 g/mol. The van der Waals surface area contributed by atoms with Gasteiger partial charge in [-0.25, -0.2) is 4.79 Å². The molecule has 5 heteroatoms. The Labute approximate surface area is 144 Å². The van der Waals surface area contributed by atoms with Gasteiger partial charge in [-0.15, -0.1) is 0 Å². The van der Waals surface area contributed by atoms with Crippen LogP contribution in [0.1, 0.15) is 43.7 Å². The summed E-state index contributed by atoms with van der Waals surface area (Å²) in [6.07, 6.45) is 4.47. The minimum Gasteiger partial charge on any atom is -0.450 e. The van der Waals surface area contributed by atoms with Crippen LogP contribution in [-0.4, -0.2) is 48.4 Å². The highest BCUT2D eigenvalue weighted by Crippen LogP contribution is 2.34. The van der Waals surface area contributed by atoms with E-state index in [0.717, 1.165) is 37.7 Å². The quantitative estimate of drug-likeness (QED) is 0.889. The van der Waals surface area contributed by atoms with E-state index in [2.05, 4.69) is 17.4 Å². The molecule has 132 valence electrons. The molecule has 24 heavy (non-hydrogen) atoms. The summed E-state index contributed by atoms with van der Waals surface area (Å²) >= 11 is 0. The number of carbonyl (C=O) groups excluding carboxylic acids is 1. The maximum Gasteiger partial charge on any atom is 0.409 e. The van der Waals surface area contributed by atoms with Gasteiger partial charge < -0.3 is 20.1 Å². The molecular weight excluding hydrogens is 304 g/mol. The van der Waals surface area contributed by atoms with Gasteiger partial charge in [0, 0.05) is 25.7 Å². The first kappa shape index (κ1) is 17.2. The minimum absolute atomic E-state index is 0.212. The van der Waals surface area contributed by atoms with E-state index in [1.54, 1.807) is 4.90 Å². The summed E-state index contributed by atoms with van der Waals surface area (Å²) in [5.74, 6) is 0. The fraction of sp³-hybridized carbons (Fsp3) is 0.632. The molecule has 1 unspecified atom stereocenters. The third-order valence-electron chi connectivity index (χ3n) is 5.26. The Hall–Kier alpha value is -1.59. The van der Waals surface area contributed by atoms with Crippen molar-refractivity contribution < 1.29 is 14.6 Å². The van der Waals surface area contributed by atoms with Gasteiger partial charge in [-0.3, -0.25) is 0 Å². The fourth-order valence-corrected chi connectivity index (χ4v) is 3.88. The summed E-state index contributed by atoms with van der Waals surface area (Å²) in [4.78, 5) is 13.5. The molecule has 0 spiro atoms. The van der Waals surface area contributed by atoms with Crippen molar-refractivity contribution in [3.63, 3.8) is 0 Å². The lowest BCUT2D eigenvalue weighted by atomic mass is 9.79. The van der Waals surface area contributed by atoms with Crippen molar-refractivity contribution in [2.24, 2.45) is 0 Å². The number of hydrogen-bond donors (Lipinski definition) is 2. The molecule has 2 aliphatic rings. The molecule has 1 aromatic carbocycles. The second-order valence-corrected chi connectivity index (χ2v) is 6.88. The third-order valence-corrected chi connectivity index (χ3v) is 5.26. The number of nitrogens with zero attached hydrogens (tertiary/aromatic N) is 1. The van der Waals surface area contributed by atoms with E-state index in [-0.39, 0.29) is 6.09 Å². The lowest BCUT2D eigenvalue weighted by Crippen LogP contribution is -2.49. The van der Waals surface area contributed by atoms with Crippen LogP contribution in [0.2, 0.25) is 0 Å². The van der Waals surface area contributed by atoms with Gasteiger partial charge in [0.1, 0.15) is 5.60 Å². The second kappa shape index (κ2) is 7.53. The average Bonchev–Trinajstić information content (AvgIpc) is 2.61. The number of amides is 1. The zero-order valence-electron chi connectivity index (χ0n) is 14.5. The third kappa shape index (κ3) is 3.73. The Bertz CT molecular complexity index is 569. The van der Waals surface area contributed by atoms with Crippen LogP contribution in [0.4, 0.5) is 4.79 Å². The van der Waals surface area contributed by atoms with Crippen LogP contribution in [0, 0.1) is 0 Å². The van der Waals surface area contributed by atoms with Gasteiger partial charge in [0.25, 0.3) is 0 Å². The number of carbonyl (C=O) groups is 1. The Morgan fingerprint density at radius 3 is 2.88 bits per heavy atom. The molecule has 5 nitrogen and oxygen atoms in total. The highest BCUT2D eigenvalue weighted by atomic mass is 16.6. The van der Waals surface area contributed by atoms with Crippen LogP contribution < -0.4 is 5.32 Å². The number of aryl methyl sites for hydroxylation is 1. The number of nitrogens with one attached hydrogen (secondary N) is 1. The molecule has 2 N–H and O–H groups in total. The maximum atomic E-state index is 11.7. The van der Waals surface area contributed by atoms with E-state index in [9.17, 15) is 9.90 Å². The van der Waals surface area contributed by atoms with Crippen LogP contribution in [0.3, 0.4) is 0 Å². The van der Waals surface area contributed by atoms with E-state index in [0.29, 0.717) is 32.3 Å². The molecule has 1 aliphatic heterocycles. The van der Waals surface area contributed by atoms with Crippen molar-refractivity contribution in [1.29, 1.82) is 0 Å². The molecule has 1 aromatic rings. The van der Waals surface area contributed by atoms with Gasteiger partial charge in [-0.1, -0.05) is 24.3 Å². The van der Waals surface area contributed by atoms with E-state index in [1.165, 1.54) is 5.56 Å². The Morgan fingerprint density at radius 2 is 2.12 bits per heavy atom. The summed E-state index contributed by atoms with van der Waals surface area (Å²) in [5, 5.41) is 14.7. The Kier molecular flexibility index (Phi) is 5.41. The van der Waals surface area contributed by atoms with E-state index in [1.807, 2.05) is 19.1 Å². The van der Waals surface area contributed by atoms with Crippen molar-refractivity contribution >= 4 is 6.09 Å².